The zero-order chi connectivity index (χ0) is 10.8. The predicted molar refractivity (Wildman–Crippen MR) is 48.8 cm³/mol. The van der Waals surface area contributed by atoms with Crippen LogP contribution in [0.1, 0.15) is 26.7 Å². The molecule has 0 fully saturated rings. The molecule has 82 valence electrons. The molecule has 0 aromatic rings. The number of carbonyl (C=O) groups excluding carboxylic acids is 2. The van der Waals surface area contributed by atoms with Crippen LogP contribution in [-0.2, 0) is 19.3 Å². The van der Waals surface area contributed by atoms with Gasteiger partial charge in [-0.05, 0) is 0 Å². The Morgan fingerprint density at radius 3 is 1.57 bits per heavy atom. The molecule has 0 aliphatic rings. The van der Waals surface area contributed by atoms with E-state index < -0.39 is 0 Å². The maximum Gasteiger partial charge on any atom is 0.324 e. The van der Waals surface area contributed by atoms with Gasteiger partial charge in [0.05, 0.1) is 0 Å². The van der Waals surface area contributed by atoms with Crippen LogP contribution >= 0.6 is 0 Å². The monoisotopic (exact) mass is 204 g/mol. The molecule has 6 nitrogen and oxygen atoms in total. The molecule has 0 bridgehead atoms. The van der Waals surface area contributed by atoms with Gasteiger partial charge in [0, 0.05) is 25.9 Å². The summed E-state index contributed by atoms with van der Waals surface area (Å²) < 4.78 is 0. The maximum atomic E-state index is 10.6. The molecule has 6 heteroatoms. The van der Waals surface area contributed by atoms with Crippen molar-refractivity contribution in [2.75, 3.05) is 13.1 Å². The van der Waals surface area contributed by atoms with Crippen LogP contribution in [0.4, 0.5) is 0 Å². The van der Waals surface area contributed by atoms with Gasteiger partial charge in [0.25, 0.3) is 0 Å². The van der Waals surface area contributed by atoms with Crippen molar-refractivity contribution < 1.29 is 19.3 Å². The lowest BCUT2D eigenvalue weighted by Crippen LogP contribution is -2.30. The highest BCUT2D eigenvalue weighted by molar-refractivity contribution is 5.68. The zero-order valence-corrected chi connectivity index (χ0v) is 8.46. The second-order valence-electron chi connectivity index (χ2n) is 2.44. The first-order valence-corrected chi connectivity index (χ1v) is 4.55. The zero-order valence-electron chi connectivity index (χ0n) is 8.46. The van der Waals surface area contributed by atoms with Crippen molar-refractivity contribution in [3.63, 3.8) is 0 Å². The fraction of sp³-hybridized carbons (Fsp3) is 0.750. The molecule has 14 heavy (non-hydrogen) atoms. The van der Waals surface area contributed by atoms with Gasteiger partial charge in [-0.3, -0.25) is 9.59 Å². The van der Waals surface area contributed by atoms with Crippen LogP contribution in [0, 0.1) is 0 Å². The Morgan fingerprint density at radius 1 is 0.929 bits per heavy atom. The number of hydrogen-bond acceptors (Lipinski definition) is 6. The Labute approximate surface area is 82.9 Å². The standard InChI is InChI=1S/C8H16N2O4/c1-3-7(11)13-9-5-6-10-14-8(12)4-2/h9-10H,3-6H2,1-2H3. The van der Waals surface area contributed by atoms with Crippen LogP contribution in [0.5, 0.6) is 0 Å². The fourth-order valence-corrected chi connectivity index (χ4v) is 0.509. The number of rotatable bonds is 7. The van der Waals surface area contributed by atoms with E-state index >= 15 is 0 Å². The highest BCUT2D eigenvalue weighted by Crippen LogP contribution is 1.80. The van der Waals surface area contributed by atoms with Crippen LogP contribution < -0.4 is 11.0 Å². The van der Waals surface area contributed by atoms with E-state index in [1.807, 2.05) is 0 Å². The molecule has 2 N–H and O–H groups in total. The van der Waals surface area contributed by atoms with Crippen molar-refractivity contribution in [2.45, 2.75) is 26.7 Å². The Kier molecular flexibility index (Phi) is 7.77. The van der Waals surface area contributed by atoms with E-state index in [4.69, 9.17) is 0 Å². The quantitative estimate of drug-likeness (QED) is 0.445. The van der Waals surface area contributed by atoms with Crippen LogP contribution in [0.3, 0.4) is 0 Å². The van der Waals surface area contributed by atoms with Crippen molar-refractivity contribution in [1.29, 1.82) is 0 Å². The van der Waals surface area contributed by atoms with Crippen molar-refractivity contribution in [3.05, 3.63) is 0 Å². The molecule has 0 aromatic heterocycles. The van der Waals surface area contributed by atoms with Crippen molar-refractivity contribution >= 4 is 11.9 Å². The van der Waals surface area contributed by atoms with Gasteiger partial charge in [0.15, 0.2) is 0 Å². The molecule has 0 atom stereocenters. The minimum Gasteiger partial charge on any atom is -0.371 e. The molecule has 0 aliphatic carbocycles. The topological polar surface area (TPSA) is 76.7 Å². The molecule has 0 unspecified atom stereocenters. The Hall–Kier alpha value is -1.14. The van der Waals surface area contributed by atoms with Gasteiger partial charge in [0.2, 0.25) is 0 Å². The van der Waals surface area contributed by atoms with Gasteiger partial charge >= 0.3 is 11.9 Å². The molecular formula is C8H16N2O4. The van der Waals surface area contributed by atoms with Gasteiger partial charge in [-0.15, -0.1) is 0 Å². The van der Waals surface area contributed by atoms with Gasteiger partial charge in [-0.2, -0.15) is 11.0 Å². The molecule has 0 aliphatic heterocycles. The van der Waals surface area contributed by atoms with Gasteiger partial charge in [-0.25, -0.2) is 0 Å². The minimum atomic E-state index is -0.324. The lowest BCUT2D eigenvalue weighted by molar-refractivity contribution is -0.154. The van der Waals surface area contributed by atoms with Crippen LogP contribution in [0.15, 0.2) is 0 Å². The summed E-state index contributed by atoms with van der Waals surface area (Å²) in [6.45, 7) is 4.15. The molecule has 0 saturated carbocycles. The Bertz CT molecular complexity index is 164. The van der Waals surface area contributed by atoms with E-state index in [9.17, 15) is 9.59 Å². The van der Waals surface area contributed by atoms with E-state index in [2.05, 4.69) is 20.6 Å². The van der Waals surface area contributed by atoms with Gasteiger partial charge in [0.1, 0.15) is 0 Å². The predicted octanol–water partition coefficient (Wildman–Crippen LogP) is -0.0980. The summed E-state index contributed by atoms with van der Waals surface area (Å²) in [5.74, 6) is -0.647. The summed E-state index contributed by atoms with van der Waals surface area (Å²) in [4.78, 5) is 30.3. The van der Waals surface area contributed by atoms with Crippen LogP contribution in [-0.4, -0.2) is 25.0 Å². The largest absolute Gasteiger partial charge is 0.371 e. The molecule has 0 aromatic carbocycles. The lowest BCUT2D eigenvalue weighted by Gasteiger charge is -2.05. The SMILES string of the molecule is CCC(=O)ONCCNOC(=O)CC. The second-order valence-corrected chi connectivity index (χ2v) is 2.44. The normalized spacial score (nSPS) is 9.57. The first-order valence-electron chi connectivity index (χ1n) is 4.55. The first-order chi connectivity index (χ1) is 6.70. The first kappa shape index (κ1) is 12.9. The summed E-state index contributed by atoms with van der Waals surface area (Å²) in [6.07, 6.45) is 0.649. The average Bonchev–Trinajstić information content (AvgIpc) is 2.22. The number of nitrogens with one attached hydrogen (secondary N) is 2. The van der Waals surface area contributed by atoms with Crippen LogP contribution in [0.2, 0.25) is 0 Å². The lowest BCUT2D eigenvalue weighted by atomic mass is 10.5. The number of hydroxylamine groups is 2. The van der Waals surface area contributed by atoms with E-state index in [1.165, 1.54) is 0 Å². The molecule has 0 saturated heterocycles. The Morgan fingerprint density at radius 2 is 1.29 bits per heavy atom. The summed E-state index contributed by atoms with van der Waals surface area (Å²) in [7, 11) is 0. The average molecular weight is 204 g/mol. The smallest absolute Gasteiger partial charge is 0.324 e. The number of hydrogen-bond donors (Lipinski definition) is 2. The third-order valence-electron chi connectivity index (χ3n) is 1.28. The minimum absolute atomic E-state index is 0.324. The third kappa shape index (κ3) is 7.51. The molecule has 0 heterocycles. The fourth-order valence-electron chi connectivity index (χ4n) is 0.509. The summed E-state index contributed by atoms with van der Waals surface area (Å²) in [5.41, 5.74) is 4.85. The third-order valence-corrected chi connectivity index (χ3v) is 1.28. The molecule has 0 rings (SSSR count). The molecule has 0 radical (unpaired) electrons. The highest BCUT2D eigenvalue weighted by Gasteiger charge is 1.98. The summed E-state index contributed by atoms with van der Waals surface area (Å²) >= 11 is 0. The van der Waals surface area contributed by atoms with Crippen molar-refractivity contribution in [1.82, 2.24) is 11.0 Å². The maximum absolute atomic E-state index is 10.6. The second kappa shape index (κ2) is 8.46. The summed E-state index contributed by atoms with van der Waals surface area (Å²) in [6, 6.07) is 0. The molecular weight excluding hydrogens is 188 g/mol. The Balaban J connectivity index is 3.14. The van der Waals surface area contributed by atoms with E-state index in [1.54, 1.807) is 13.8 Å². The van der Waals surface area contributed by atoms with E-state index in [-0.39, 0.29) is 11.9 Å². The van der Waals surface area contributed by atoms with Gasteiger partial charge in [-0.1, -0.05) is 13.8 Å². The van der Waals surface area contributed by atoms with Crippen LogP contribution in [0.25, 0.3) is 0 Å². The molecule has 0 amide bonds. The number of carbonyl (C=O) groups is 2. The molecule has 0 spiro atoms. The van der Waals surface area contributed by atoms with E-state index in [0.717, 1.165) is 0 Å². The van der Waals surface area contributed by atoms with Crippen molar-refractivity contribution in [3.8, 4) is 0 Å². The highest BCUT2D eigenvalue weighted by atomic mass is 16.7. The summed E-state index contributed by atoms with van der Waals surface area (Å²) in [5, 5.41) is 0. The van der Waals surface area contributed by atoms with Crippen molar-refractivity contribution in [2.24, 2.45) is 0 Å². The van der Waals surface area contributed by atoms with Gasteiger partial charge < -0.3 is 9.68 Å². The van der Waals surface area contributed by atoms with E-state index in [0.29, 0.717) is 25.9 Å².